The smallest absolute Gasteiger partial charge is 0.337 e. The van der Waals surface area contributed by atoms with E-state index in [0.29, 0.717) is 16.9 Å². The van der Waals surface area contributed by atoms with Crippen LogP contribution in [0.5, 0.6) is 0 Å². The minimum absolute atomic E-state index is 0.166. The van der Waals surface area contributed by atoms with Gasteiger partial charge < -0.3 is 14.6 Å². The number of nitrogens with zero attached hydrogens (tertiary/aromatic N) is 1. The lowest BCUT2D eigenvalue weighted by molar-refractivity contribution is 0.0600. The first kappa shape index (κ1) is 16.3. The van der Waals surface area contributed by atoms with Crippen molar-refractivity contribution in [2.24, 2.45) is 0 Å². The number of esters is 1. The van der Waals surface area contributed by atoms with Gasteiger partial charge in [-0.25, -0.2) is 4.79 Å². The van der Waals surface area contributed by atoms with Gasteiger partial charge in [-0.05, 0) is 49.6 Å². The maximum absolute atomic E-state index is 12.7. The van der Waals surface area contributed by atoms with Crippen LogP contribution in [0.15, 0.2) is 41.8 Å². The van der Waals surface area contributed by atoms with Crippen LogP contribution in [0, 0.1) is 0 Å². The number of rotatable bonds is 4. The van der Waals surface area contributed by atoms with E-state index in [1.807, 2.05) is 35.9 Å². The van der Waals surface area contributed by atoms with Gasteiger partial charge >= 0.3 is 5.97 Å². The maximum atomic E-state index is 12.7. The summed E-state index contributed by atoms with van der Waals surface area (Å²) in [6.45, 7) is 4.09. The lowest BCUT2D eigenvalue weighted by Gasteiger charge is -2.14. The second-order valence-electron chi connectivity index (χ2n) is 5.69. The lowest BCUT2D eigenvalue weighted by Crippen LogP contribution is -2.18. The number of carbonyl (C=O) groups excluding carboxylic acids is 2. The average Bonchev–Trinajstić information content (AvgIpc) is 3.14. The predicted octanol–water partition coefficient (Wildman–Crippen LogP) is 4.32. The molecular weight excluding hydrogens is 324 g/mol. The number of methoxy groups -OCH3 is 1. The third-order valence-electron chi connectivity index (χ3n) is 3.75. The molecular formula is C18H18N2O3S. The summed E-state index contributed by atoms with van der Waals surface area (Å²) in [5.41, 5.74) is 2.62. The van der Waals surface area contributed by atoms with E-state index in [0.717, 1.165) is 10.2 Å². The Kier molecular flexibility index (Phi) is 4.40. The molecule has 0 spiro atoms. The van der Waals surface area contributed by atoms with Gasteiger partial charge in [0.15, 0.2) is 0 Å². The molecule has 3 aromatic rings. The number of fused-ring (bicyclic) bond motifs is 1. The Morgan fingerprint density at radius 3 is 2.71 bits per heavy atom. The molecule has 2 aromatic heterocycles. The van der Waals surface area contributed by atoms with Crippen LogP contribution >= 0.6 is 11.3 Å². The molecule has 5 nitrogen and oxygen atoms in total. The number of benzene rings is 1. The number of hydrogen-bond donors (Lipinski definition) is 1. The Balaban J connectivity index is 1.92. The molecule has 24 heavy (non-hydrogen) atoms. The van der Waals surface area contributed by atoms with Crippen molar-refractivity contribution in [3.05, 3.63) is 53.0 Å². The molecule has 1 N–H and O–H groups in total. The van der Waals surface area contributed by atoms with E-state index < -0.39 is 5.97 Å². The fourth-order valence-corrected chi connectivity index (χ4v) is 3.52. The van der Waals surface area contributed by atoms with Crippen LogP contribution < -0.4 is 5.32 Å². The van der Waals surface area contributed by atoms with Crippen molar-refractivity contribution in [1.29, 1.82) is 0 Å². The van der Waals surface area contributed by atoms with Gasteiger partial charge in [0.1, 0.15) is 5.69 Å². The van der Waals surface area contributed by atoms with Gasteiger partial charge in [0.25, 0.3) is 5.91 Å². The summed E-state index contributed by atoms with van der Waals surface area (Å²) in [5.74, 6) is -0.633. The van der Waals surface area contributed by atoms with E-state index >= 15 is 0 Å². The third kappa shape index (κ3) is 2.92. The van der Waals surface area contributed by atoms with Gasteiger partial charge in [0.05, 0.1) is 22.9 Å². The lowest BCUT2D eigenvalue weighted by atomic mass is 10.2. The Hall–Kier alpha value is -2.60. The van der Waals surface area contributed by atoms with Gasteiger partial charge in [-0.3, -0.25) is 4.79 Å². The van der Waals surface area contributed by atoms with Gasteiger partial charge in [-0.1, -0.05) is 6.07 Å². The molecule has 3 rings (SSSR count). The molecule has 0 aliphatic heterocycles. The van der Waals surface area contributed by atoms with Crippen LogP contribution in [-0.4, -0.2) is 23.6 Å². The van der Waals surface area contributed by atoms with Gasteiger partial charge in [-0.15, -0.1) is 11.3 Å². The number of carbonyl (C=O) groups is 2. The SMILES string of the molecule is COC(=O)c1cccc(NC(=O)c2cc3sccc3n2C(C)C)c1. The summed E-state index contributed by atoms with van der Waals surface area (Å²) >= 11 is 1.61. The number of aromatic nitrogens is 1. The van der Waals surface area contributed by atoms with E-state index in [9.17, 15) is 9.59 Å². The third-order valence-corrected chi connectivity index (χ3v) is 4.60. The molecule has 0 radical (unpaired) electrons. The van der Waals surface area contributed by atoms with E-state index in [-0.39, 0.29) is 11.9 Å². The minimum Gasteiger partial charge on any atom is -0.465 e. The van der Waals surface area contributed by atoms with Crippen LogP contribution in [0.1, 0.15) is 40.7 Å². The number of hydrogen-bond acceptors (Lipinski definition) is 4. The second-order valence-corrected chi connectivity index (χ2v) is 6.64. The number of amides is 1. The van der Waals surface area contributed by atoms with Crippen molar-refractivity contribution >= 4 is 39.1 Å². The molecule has 0 fully saturated rings. The molecule has 1 amide bonds. The molecule has 124 valence electrons. The zero-order valence-corrected chi connectivity index (χ0v) is 14.5. The summed E-state index contributed by atoms with van der Waals surface area (Å²) < 4.78 is 7.81. The Labute approximate surface area is 143 Å². The number of anilines is 1. The summed E-state index contributed by atoms with van der Waals surface area (Å²) in [7, 11) is 1.33. The van der Waals surface area contributed by atoms with Crippen molar-refractivity contribution in [3.8, 4) is 0 Å². The van der Waals surface area contributed by atoms with Crippen LogP contribution in [-0.2, 0) is 4.74 Å². The molecule has 0 unspecified atom stereocenters. The number of ether oxygens (including phenoxy) is 1. The zero-order chi connectivity index (χ0) is 17.3. The zero-order valence-electron chi connectivity index (χ0n) is 13.7. The first-order valence-electron chi connectivity index (χ1n) is 7.59. The van der Waals surface area contributed by atoms with E-state index in [1.165, 1.54) is 7.11 Å². The van der Waals surface area contributed by atoms with Crippen molar-refractivity contribution in [1.82, 2.24) is 4.57 Å². The highest BCUT2D eigenvalue weighted by Gasteiger charge is 2.18. The van der Waals surface area contributed by atoms with Crippen molar-refractivity contribution < 1.29 is 14.3 Å². The summed E-state index contributed by atoms with van der Waals surface area (Å²) in [6, 6.07) is 10.8. The monoisotopic (exact) mass is 342 g/mol. The highest BCUT2D eigenvalue weighted by molar-refractivity contribution is 7.17. The summed E-state index contributed by atoms with van der Waals surface area (Å²) in [6.07, 6.45) is 0. The van der Waals surface area contributed by atoms with Crippen molar-refractivity contribution in [3.63, 3.8) is 0 Å². The van der Waals surface area contributed by atoms with E-state index in [2.05, 4.69) is 5.32 Å². The number of nitrogens with one attached hydrogen (secondary N) is 1. The topological polar surface area (TPSA) is 60.3 Å². The van der Waals surface area contributed by atoms with Gasteiger partial charge in [-0.2, -0.15) is 0 Å². The average molecular weight is 342 g/mol. The quantitative estimate of drug-likeness (QED) is 0.718. The standard InChI is InChI=1S/C18H18N2O3S/c1-11(2)20-14-7-8-24-16(14)10-15(20)17(21)19-13-6-4-5-12(9-13)18(22)23-3/h4-11H,1-3H3,(H,19,21). The largest absolute Gasteiger partial charge is 0.465 e. The molecule has 0 saturated carbocycles. The highest BCUT2D eigenvalue weighted by Crippen LogP contribution is 2.29. The Morgan fingerprint density at radius 1 is 1.21 bits per heavy atom. The van der Waals surface area contributed by atoms with Crippen LogP contribution in [0.3, 0.4) is 0 Å². The van der Waals surface area contributed by atoms with Gasteiger partial charge in [0.2, 0.25) is 0 Å². The number of thiophene rings is 1. The first-order chi connectivity index (χ1) is 11.5. The maximum Gasteiger partial charge on any atom is 0.337 e. The Bertz CT molecular complexity index is 908. The van der Waals surface area contributed by atoms with Crippen molar-refractivity contribution in [2.75, 3.05) is 12.4 Å². The minimum atomic E-state index is -0.433. The summed E-state index contributed by atoms with van der Waals surface area (Å²) in [4.78, 5) is 24.3. The fraction of sp³-hybridized carbons (Fsp3) is 0.222. The first-order valence-corrected chi connectivity index (χ1v) is 8.47. The normalized spacial score (nSPS) is 11.0. The van der Waals surface area contributed by atoms with E-state index in [1.54, 1.807) is 35.6 Å². The van der Waals surface area contributed by atoms with Crippen LogP contribution in [0.25, 0.3) is 10.2 Å². The molecule has 0 saturated heterocycles. The molecule has 2 heterocycles. The van der Waals surface area contributed by atoms with Crippen molar-refractivity contribution in [2.45, 2.75) is 19.9 Å². The van der Waals surface area contributed by atoms with Crippen LogP contribution in [0.2, 0.25) is 0 Å². The fourth-order valence-electron chi connectivity index (χ4n) is 2.71. The molecule has 1 aromatic carbocycles. The summed E-state index contributed by atoms with van der Waals surface area (Å²) in [5, 5.41) is 4.88. The molecule has 0 atom stereocenters. The molecule has 0 aliphatic carbocycles. The second kappa shape index (κ2) is 6.49. The molecule has 6 heteroatoms. The van der Waals surface area contributed by atoms with Crippen LogP contribution in [0.4, 0.5) is 5.69 Å². The predicted molar refractivity (Wildman–Crippen MR) is 95.9 cm³/mol. The Morgan fingerprint density at radius 2 is 2.00 bits per heavy atom. The van der Waals surface area contributed by atoms with Gasteiger partial charge in [0, 0.05) is 11.7 Å². The molecule has 0 aliphatic rings. The highest BCUT2D eigenvalue weighted by atomic mass is 32.1. The van der Waals surface area contributed by atoms with E-state index in [4.69, 9.17) is 4.74 Å². The molecule has 0 bridgehead atoms.